The molecule has 14 nitrogen and oxygen atoms in total. The van der Waals surface area contributed by atoms with E-state index in [-0.39, 0.29) is 24.2 Å². The van der Waals surface area contributed by atoms with Crippen LogP contribution >= 0.6 is 0 Å². The van der Waals surface area contributed by atoms with Gasteiger partial charge >= 0.3 is 6.09 Å². The summed E-state index contributed by atoms with van der Waals surface area (Å²) in [5.41, 5.74) is 4.79. The average molecular weight is 691 g/mol. The Hall–Kier alpha value is -3.71. The van der Waals surface area contributed by atoms with E-state index in [1.54, 1.807) is 20.8 Å². The number of carbonyl (C=O) groups excluding carboxylic acids is 7. The quantitative estimate of drug-likeness (QED) is 0.161. The lowest BCUT2D eigenvalue weighted by Crippen LogP contribution is -2.58. The third kappa shape index (κ3) is 12.3. The van der Waals surface area contributed by atoms with Crippen LogP contribution in [0.1, 0.15) is 124 Å². The molecule has 2 saturated carbocycles. The molecule has 6 amide bonds. The minimum atomic E-state index is -1.16. The number of likely N-dealkylation sites (tertiary alicyclic amines) is 1. The third-order valence-corrected chi connectivity index (χ3v) is 9.75. The molecule has 1 aliphatic heterocycles. The molecule has 2 aliphatic carbocycles. The van der Waals surface area contributed by atoms with Crippen LogP contribution in [-0.2, 0) is 33.5 Å². The van der Waals surface area contributed by atoms with Crippen molar-refractivity contribution in [2.45, 2.75) is 154 Å². The number of nitrogens with two attached hydrogens (primary N) is 1. The molecule has 1 heterocycles. The largest absolute Gasteiger partial charge is 0.444 e. The molecule has 4 atom stereocenters. The molecule has 2 unspecified atom stereocenters. The Kier molecular flexibility index (Phi) is 15.3. The molecule has 14 heteroatoms. The predicted molar refractivity (Wildman–Crippen MR) is 182 cm³/mol. The first-order valence-electron chi connectivity index (χ1n) is 18.2. The van der Waals surface area contributed by atoms with Crippen molar-refractivity contribution in [2.75, 3.05) is 13.1 Å². The van der Waals surface area contributed by atoms with Crippen molar-refractivity contribution in [3.05, 3.63) is 0 Å². The smallest absolute Gasteiger partial charge is 0.408 e. The molecule has 0 aromatic rings. The predicted octanol–water partition coefficient (Wildman–Crippen LogP) is 2.36. The van der Waals surface area contributed by atoms with E-state index in [0.29, 0.717) is 32.2 Å². The summed E-state index contributed by atoms with van der Waals surface area (Å²) in [6, 6.07) is -3.76. The van der Waals surface area contributed by atoms with Gasteiger partial charge in [0.05, 0.1) is 12.6 Å². The molecule has 1 saturated heterocycles. The highest BCUT2D eigenvalue weighted by atomic mass is 16.6. The van der Waals surface area contributed by atoms with E-state index in [1.165, 1.54) is 4.90 Å². The number of alkyl carbamates (subject to hydrolysis) is 1. The van der Waals surface area contributed by atoms with Crippen molar-refractivity contribution in [1.82, 2.24) is 26.2 Å². The Morgan fingerprint density at radius 1 is 0.796 bits per heavy atom. The number of rotatable bonds is 15. The topological polar surface area (TPSA) is 206 Å². The minimum absolute atomic E-state index is 0.0748. The number of nitrogens with zero attached hydrogens (tertiary/aromatic N) is 1. The van der Waals surface area contributed by atoms with Crippen molar-refractivity contribution in [1.29, 1.82) is 0 Å². The first kappa shape index (κ1) is 39.7. The van der Waals surface area contributed by atoms with Gasteiger partial charge in [0.1, 0.15) is 23.7 Å². The molecule has 0 radical (unpaired) electrons. The first-order valence-corrected chi connectivity index (χ1v) is 18.2. The normalized spacial score (nSPS) is 20.7. The molecule has 0 bridgehead atoms. The number of hydrogen-bond donors (Lipinski definition) is 5. The molecule has 3 fully saturated rings. The minimum Gasteiger partial charge on any atom is -0.444 e. The number of Topliss-reactive ketones (excluding diaryl/α,β-unsaturated/α-hetero) is 1. The molecule has 49 heavy (non-hydrogen) atoms. The van der Waals surface area contributed by atoms with E-state index in [1.807, 2.05) is 6.92 Å². The van der Waals surface area contributed by atoms with Crippen LogP contribution in [0.3, 0.4) is 0 Å². The van der Waals surface area contributed by atoms with Crippen molar-refractivity contribution in [2.24, 2.45) is 17.6 Å². The van der Waals surface area contributed by atoms with Gasteiger partial charge in [-0.05, 0) is 77.6 Å². The second-order valence-corrected chi connectivity index (χ2v) is 14.8. The summed E-state index contributed by atoms with van der Waals surface area (Å²) >= 11 is 0. The number of carbonyl (C=O) groups is 7. The number of ketones is 1. The summed E-state index contributed by atoms with van der Waals surface area (Å²) in [6.07, 6.45) is 10.6. The average Bonchev–Trinajstić information content (AvgIpc) is 3.56. The van der Waals surface area contributed by atoms with Crippen LogP contribution in [0.2, 0.25) is 0 Å². The van der Waals surface area contributed by atoms with Gasteiger partial charge in [-0.3, -0.25) is 28.8 Å². The lowest BCUT2D eigenvalue weighted by atomic mass is 9.83. The Labute approximate surface area is 290 Å². The van der Waals surface area contributed by atoms with Crippen LogP contribution < -0.4 is 27.0 Å². The Balaban J connectivity index is 1.65. The summed E-state index contributed by atoms with van der Waals surface area (Å²) in [5.74, 6) is -4.32. The van der Waals surface area contributed by atoms with E-state index in [9.17, 15) is 33.6 Å². The van der Waals surface area contributed by atoms with E-state index < -0.39 is 71.8 Å². The highest BCUT2D eigenvalue weighted by molar-refractivity contribution is 6.38. The zero-order valence-electron chi connectivity index (χ0n) is 29.8. The maximum absolute atomic E-state index is 14.0. The summed E-state index contributed by atoms with van der Waals surface area (Å²) in [7, 11) is 0. The van der Waals surface area contributed by atoms with Crippen LogP contribution in [0, 0.1) is 11.8 Å². The fourth-order valence-corrected chi connectivity index (χ4v) is 7.23. The maximum atomic E-state index is 14.0. The van der Waals surface area contributed by atoms with Gasteiger partial charge in [-0.25, -0.2) is 4.79 Å². The molecular weight excluding hydrogens is 632 g/mol. The number of unbranched alkanes of at least 4 members (excludes halogenated alkanes) is 1. The fourth-order valence-electron chi connectivity index (χ4n) is 7.23. The lowest BCUT2D eigenvalue weighted by Gasteiger charge is -2.35. The second-order valence-electron chi connectivity index (χ2n) is 14.8. The Bertz CT molecular complexity index is 1190. The van der Waals surface area contributed by atoms with Crippen LogP contribution in [0.5, 0.6) is 0 Å². The van der Waals surface area contributed by atoms with Gasteiger partial charge in [-0.1, -0.05) is 58.3 Å². The van der Waals surface area contributed by atoms with Crippen LogP contribution in [0.15, 0.2) is 0 Å². The van der Waals surface area contributed by atoms with Crippen LogP contribution in [0.25, 0.3) is 0 Å². The number of nitrogens with one attached hydrogen (secondary N) is 4. The zero-order valence-corrected chi connectivity index (χ0v) is 29.8. The van der Waals surface area contributed by atoms with Crippen molar-refractivity contribution in [3.63, 3.8) is 0 Å². The SMILES string of the molecule is CCCCC(NC(=O)C1CCCN1C(=O)[C@@H](NC(=O)OC(C)(C)C)C1CCCCC1)C(=O)C(=O)NCC(=O)N[C@H](C(N)=O)C1CCCCC1. The summed E-state index contributed by atoms with van der Waals surface area (Å²) < 4.78 is 5.46. The summed E-state index contributed by atoms with van der Waals surface area (Å²) in [4.78, 5) is 92.8. The van der Waals surface area contributed by atoms with E-state index >= 15 is 0 Å². The van der Waals surface area contributed by atoms with Gasteiger partial charge in [0.15, 0.2) is 0 Å². The fraction of sp³-hybridized carbons (Fsp3) is 0.800. The molecule has 276 valence electrons. The number of ether oxygens (including phenoxy) is 1. The Morgan fingerprint density at radius 3 is 1.94 bits per heavy atom. The van der Waals surface area contributed by atoms with E-state index in [0.717, 1.165) is 64.2 Å². The highest BCUT2D eigenvalue weighted by Crippen LogP contribution is 2.30. The molecule has 3 rings (SSSR count). The molecule has 0 aromatic heterocycles. The van der Waals surface area contributed by atoms with Gasteiger partial charge in [0.25, 0.3) is 5.91 Å². The third-order valence-electron chi connectivity index (χ3n) is 9.75. The second kappa shape index (κ2) is 18.9. The summed E-state index contributed by atoms with van der Waals surface area (Å²) in [6.45, 7) is 6.92. The number of primary amides is 1. The van der Waals surface area contributed by atoms with Crippen molar-refractivity contribution < 1.29 is 38.3 Å². The number of hydrogen-bond acceptors (Lipinski definition) is 8. The molecule has 0 spiro atoms. The van der Waals surface area contributed by atoms with Gasteiger partial charge in [0, 0.05) is 6.54 Å². The molecule has 6 N–H and O–H groups in total. The lowest BCUT2D eigenvalue weighted by molar-refractivity contribution is -0.143. The van der Waals surface area contributed by atoms with Gasteiger partial charge in [-0.15, -0.1) is 0 Å². The monoisotopic (exact) mass is 690 g/mol. The van der Waals surface area contributed by atoms with Crippen molar-refractivity contribution in [3.8, 4) is 0 Å². The molecule has 0 aromatic carbocycles. The maximum Gasteiger partial charge on any atom is 0.408 e. The molecule has 3 aliphatic rings. The van der Waals surface area contributed by atoms with E-state index in [4.69, 9.17) is 10.5 Å². The van der Waals surface area contributed by atoms with Crippen LogP contribution in [0.4, 0.5) is 4.79 Å². The van der Waals surface area contributed by atoms with Crippen LogP contribution in [-0.4, -0.2) is 89.2 Å². The Morgan fingerprint density at radius 2 is 1.39 bits per heavy atom. The summed E-state index contributed by atoms with van der Waals surface area (Å²) in [5, 5.41) is 10.4. The van der Waals surface area contributed by atoms with Gasteiger partial charge in [0.2, 0.25) is 29.4 Å². The van der Waals surface area contributed by atoms with E-state index in [2.05, 4.69) is 21.3 Å². The van der Waals surface area contributed by atoms with Gasteiger partial charge < -0.3 is 36.6 Å². The van der Waals surface area contributed by atoms with Crippen molar-refractivity contribution >= 4 is 41.4 Å². The molecular formula is C35H58N6O8. The number of amides is 6. The zero-order chi connectivity index (χ0) is 36.1. The standard InChI is InChI=1S/C35H58N6O8/c1-5-6-18-24(29(43)32(46)37-21-26(42)39-27(30(36)44)22-14-9-7-10-15-22)38-31(45)25-19-13-20-41(25)33(47)28(23-16-11-8-12-17-23)40-34(48)49-35(2,3)4/h22-25,27-28H,5-21H2,1-4H3,(H2,36,44)(H,37,46)(H,38,45)(H,39,42)(H,40,48)/t24?,25?,27-,28-/m0/s1. The highest BCUT2D eigenvalue weighted by Gasteiger charge is 2.42. The van der Waals surface area contributed by atoms with Gasteiger partial charge in [-0.2, -0.15) is 0 Å². The first-order chi connectivity index (χ1) is 23.2.